The summed E-state index contributed by atoms with van der Waals surface area (Å²) in [5.74, 6) is 0.979. The van der Waals surface area contributed by atoms with Gasteiger partial charge < -0.3 is 9.64 Å². The molecule has 0 fully saturated rings. The highest BCUT2D eigenvalue weighted by molar-refractivity contribution is 7.15. The number of benzene rings is 3. The van der Waals surface area contributed by atoms with Gasteiger partial charge in [0.05, 0.1) is 24.4 Å². The Bertz CT molecular complexity index is 1730. The van der Waals surface area contributed by atoms with Gasteiger partial charge in [-0.1, -0.05) is 53.3 Å². The summed E-state index contributed by atoms with van der Waals surface area (Å²) in [5, 5.41) is 5.07. The molecule has 9 heteroatoms. The lowest BCUT2D eigenvalue weighted by Gasteiger charge is -2.17. The molecular weight excluding hydrogens is 496 g/mol. The van der Waals surface area contributed by atoms with Crippen molar-refractivity contribution in [3.05, 3.63) is 104 Å². The number of aromatic nitrogens is 3. The van der Waals surface area contributed by atoms with Gasteiger partial charge in [0, 0.05) is 16.1 Å². The SMILES string of the molecule is CCOc1ccc(-c2nc3s/c(=C4\C(=O)N(Cc5ccc(Cl)cc5)c5ccccc54)c(=O)n3n2)cc1. The van der Waals surface area contributed by atoms with Crippen molar-refractivity contribution < 1.29 is 9.53 Å². The summed E-state index contributed by atoms with van der Waals surface area (Å²) in [6.07, 6.45) is 0. The van der Waals surface area contributed by atoms with Crippen LogP contribution in [0.4, 0.5) is 5.69 Å². The number of hydrogen-bond acceptors (Lipinski definition) is 6. The first kappa shape index (κ1) is 22.5. The molecule has 0 saturated heterocycles. The van der Waals surface area contributed by atoms with Gasteiger partial charge in [0.15, 0.2) is 5.82 Å². The van der Waals surface area contributed by atoms with Crippen LogP contribution in [0.3, 0.4) is 0 Å². The molecule has 178 valence electrons. The van der Waals surface area contributed by atoms with E-state index in [1.165, 1.54) is 15.9 Å². The number of amides is 1. The standard InChI is InChI=1S/C27H19ClN4O3S/c1-2-35-19-13-9-17(10-14-19)24-29-27-32(30-24)26(34)23(36-27)22-20-5-3-4-6-21(20)31(25(22)33)15-16-7-11-18(28)12-8-16/h3-14H,2,15H2,1H3/b23-22-. The lowest BCUT2D eigenvalue weighted by Crippen LogP contribution is -2.32. The maximum absolute atomic E-state index is 13.6. The van der Waals surface area contributed by atoms with Crippen LogP contribution in [0.25, 0.3) is 21.9 Å². The number of halogens is 1. The maximum Gasteiger partial charge on any atom is 0.291 e. The summed E-state index contributed by atoms with van der Waals surface area (Å²) < 4.78 is 7.09. The number of carbonyl (C=O) groups is 1. The van der Waals surface area contributed by atoms with Crippen molar-refractivity contribution in [1.29, 1.82) is 0 Å². The zero-order valence-corrected chi connectivity index (χ0v) is 20.7. The molecule has 1 amide bonds. The Morgan fingerprint density at radius 2 is 1.72 bits per heavy atom. The van der Waals surface area contributed by atoms with Gasteiger partial charge in [0.25, 0.3) is 11.5 Å². The molecule has 3 heterocycles. The molecule has 1 aliphatic heterocycles. The smallest absolute Gasteiger partial charge is 0.291 e. The first-order valence-corrected chi connectivity index (χ1v) is 12.6. The van der Waals surface area contributed by atoms with E-state index in [-0.39, 0.29) is 11.5 Å². The number of para-hydroxylation sites is 1. The molecule has 0 spiro atoms. The van der Waals surface area contributed by atoms with Crippen LogP contribution < -0.4 is 19.7 Å². The van der Waals surface area contributed by atoms with Gasteiger partial charge in [-0.15, -0.1) is 5.10 Å². The minimum Gasteiger partial charge on any atom is -0.494 e. The number of hydrogen-bond donors (Lipinski definition) is 0. The predicted molar refractivity (Wildman–Crippen MR) is 141 cm³/mol. The highest BCUT2D eigenvalue weighted by Gasteiger charge is 2.34. The molecule has 2 aromatic heterocycles. The summed E-state index contributed by atoms with van der Waals surface area (Å²) >= 11 is 7.19. The molecule has 0 radical (unpaired) electrons. The van der Waals surface area contributed by atoms with Crippen LogP contribution in [0.15, 0.2) is 77.6 Å². The van der Waals surface area contributed by atoms with E-state index in [0.29, 0.717) is 39.1 Å². The predicted octanol–water partition coefficient (Wildman–Crippen LogP) is 4.33. The van der Waals surface area contributed by atoms with Crippen LogP contribution in [-0.2, 0) is 11.3 Å². The normalized spacial score (nSPS) is 14.5. The molecule has 5 aromatic rings. The van der Waals surface area contributed by atoms with E-state index in [0.717, 1.165) is 28.1 Å². The fraction of sp³-hybridized carbons (Fsp3) is 0.111. The number of rotatable bonds is 5. The number of carbonyl (C=O) groups excluding carboxylic acids is 1. The summed E-state index contributed by atoms with van der Waals surface area (Å²) in [7, 11) is 0. The third-order valence-electron chi connectivity index (χ3n) is 5.99. The van der Waals surface area contributed by atoms with Gasteiger partial charge in [-0.2, -0.15) is 9.50 Å². The van der Waals surface area contributed by atoms with E-state index in [4.69, 9.17) is 16.3 Å². The van der Waals surface area contributed by atoms with Crippen LogP contribution in [0, 0.1) is 0 Å². The summed E-state index contributed by atoms with van der Waals surface area (Å²) in [5.41, 5.74) is 3.23. The average molecular weight is 515 g/mol. The zero-order chi connectivity index (χ0) is 24.8. The Labute approximate surface area is 214 Å². The zero-order valence-electron chi connectivity index (χ0n) is 19.1. The third-order valence-corrected chi connectivity index (χ3v) is 7.27. The van der Waals surface area contributed by atoms with Crippen LogP contribution >= 0.6 is 22.9 Å². The van der Waals surface area contributed by atoms with Crippen molar-refractivity contribution in [1.82, 2.24) is 14.6 Å². The highest BCUT2D eigenvalue weighted by Crippen LogP contribution is 2.36. The Hall–Kier alpha value is -4.01. The molecule has 0 N–H and O–H groups in total. The monoisotopic (exact) mass is 514 g/mol. The van der Waals surface area contributed by atoms with Gasteiger partial charge in [0.2, 0.25) is 4.96 Å². The molecule has 1 aliphatic rings. The van der Waals surface area contributed by atoms with Gasteiger partial charge in [-0.25, -0.2) is 0 Å². The maximum atomic E-state index is 13.6. The van der Waals surface area contributed by atoms with Crippen molar-refractivity contribution in [2.24, 2.45) is 0 Å². The van der Waals surface area contributed by atoms with Crippen LogP contribution in [0.2, 0.25) is 5.02 Å². The van der Waals surface area contributed by atoms with E-state index in [1.54, 1.807) is 17.0 Å². The van der Waals surface area contributed by atoms with Crippen LogP contribution in [0.5, 0.6) is 5.75 Å². The molecule has 0 atom stereocenters. The summed E-state index contributed by atoms with van der Waals surface area (Å²) in [6.45, 7) is 2.88. The van der Waals surface area contributed by atoms with E-state index in [9.17, 15) is 9.59 Å². The number of fused-ring (bicyclic) bond motifs is 2. The Balaban J connectivity index is 1.43. The van der Waals surface area contributed by atoms with E-state index >= 15 is 0 Å². The van der Waals surface area contributed by atoms with E-state index < -0.39 is 0 Å². The quantitative estimate of drug-likeness (QED) is 0.349. The van der Waals surface area contributed by atoms with Crippen molar-refractivity contribution in [3.63, 3.8) is 0 Å². The molecule has 0 aliphatic carbocycles. The number of thiazole rings is 1. The van der Waals surface area contributed by atoms with E-state index in [2.05, 4.69) is 10.1 Å². The number of anilines is 1. The third kappa shape index (κ3) is 3.75. The lowest BCUT2D eigenvalue weighted by molar-refractivity contribution is -0.113. The second-order valence-corrected chi connectivity index (χ2v) is 9.65. The molecular formula is C27H19ClN4O3S. The molecule has 7 nitrogen and oxygen atoms in total. The minimum absolute atomic E-state index is 0.223. The van der Waals surface area contributed by atoms with Crippen molar-refractivity contribution in [2.75, 3.05) is 11.5 Å². The number of ether oxygens (including phenoxy) is 1. The Kier molecular flexibility index (Phi) is 5.55. The fourth-order valence-corrected chi connectivity index (χ4v) is 5.43. The number of nitrogens with zero attached hydrogens (tertiary/aromatic N) is 4. The van der Waals surface area contributed by atoms with Crippen LogP contribution in [0.1, 0.15) is 18.1 Å². The Morgan fingerprint density at radius 3 is 2.44 bits per heavy atom. The molecule has 0 unspecified atom stereocenters. The summed E-state index contributed by atoms with van der Waals surface area (Å²) in [4.78, 5) is 33.7. The second kappa shape index (κ2) is 8.89. The largest absolute Gasteiger partial charge is 0.494 e. The lowest BCUT2D eigenvalue weighted by atomic mass is 10.1. The minimum atomic E-state index is -0.355. The van der Waals surface area contributed by atoms with E-state index in [1.807, 2.05) is 67.6 Å². The summed E-state index contributed by atoms with van der Waals surface area (Å²) in [6, 6.07) is 22.3. The first-order valence-electron chi connectivity index (χ1n) is 11.4. The first-order chi connectivity index (χ1) is 17.5. The van der Waals surface area contributed by atoms with Crippen molar-refractivity contribution in [2.45, 2.75) is 13.5 Å². The van der Waals surface area contributed by atoms with Gasteiger partial charge in [0.1, 0.15) is 10.3 Å². The fourth-order valence-electron chi connectivity index (χ4n) is 4.30. The molecule has 36 heavy (non-hydrogen) atoms. The second-order valence-electron chi connectivity index (χ2n) is 8.23. The highest BCUT2D eigenvalue weighted by atomic mass is 35.5. The molecule has 3 aromatic carbocycles. The van der Waals surface area contributed by atoms with Gasteiger partial charge in [-0.05, 0) is 55.0 Å². The topological polar surface area (TPSA) is 76.8 Å². The molecule has 0 bridgehead atoms. The van der Waals surface area contributed by atoms with Gasteiger partial charge >= 0.3 is 0 Å². The molecule has 0 saturated carbocycles. The van der Waals surface area contributed by atoms with Crippen LogP contribution in [-0.4, -0.2) is 27.1 Å². The molecule has 6 rings (SSSR count). The van der Waals surface area contributed by atoms with Crippen molar-refractivity contribution in [3.8, 4) is 17.1 Å². The Morgan fingerprint density at radius 1 is 0.972 bits per heavy atom. The van der Waals surface area contributed by atoms with Crippen molar-refractivity contribution >= 4 is 45.1 Å². The van der Waals surface area contributed by atoms with Gasteiger partial charge in [-0.3, -0.25) is 9.59 Å². The average Bonchev–Trinajstić information content (AvgIpc) is 3.52.